The van der Waals surface area contributed by atoms with E-state index in [-0.39, 0.29) is 16.3 Å². The molecule has 1 heterocycles. The fraction of sp³-hybridized carbons (Fsp3) is 0.545. The second kappa shape index (κ2) is 5.88. The van der Waals surface area contributed by atoms with Crippen LogP contribution in [-0.2, 0) is 6.18 Å². The van der Waals surface area contributed by atoms with Gasteiger partial charge in [0.25, 0.3) is 0 Å². The summed E-state index contributed by atoms with van der Waals surface area (Å²) in [6, 6.07) is 0.671. The number of nitrogens with one attached hydrogen (secondary N) is 1. The van der Waals surface area contributed by atoms with Crippen LogP contribution in [0.5, 0.6) is 0 Å². The number of aliphatic hydroxyl groups is 1. The third kappa shape index (κ3) is 4.45. The van der Waals surface area contributed by atoms with Crippen LogP contribution < -0.4 is 5.32 Å². The molecule has 0 aliphatic rings. The van der Waals surface area contributed by atoms with Crippen LogP contribution in [0, 0.1) is 0 Å². The van der Waals surface area contributed by atoms with Crippen molar-refractivity contribution < 1.29 is 18.3 Å². The minimum absolute atomic E-state index is 0.223. The van der Waals surface area contributed by atoms with Gasteiger partial charge in [-0.3, -0.25) is 0 Å². The van der Waals surface area contributed by atoms with E-state index in [4.69, 9.17) is 0 Å². The molecule has 0 bridgehead atoms. The lowest BCUT2D eigenvalue weighted by atomic mass is 10.1. The maximum atomic E-state index is 12.8. The van der Waals surface area contributed by atoms with E-state index in [1.165, 1.54) is 6.20 Å². The first-order valence-electron chi connectivity index (χ1n) is 5.37. The molecular weight excluding hydrogens is 313 g/mol. The summed E-state index contributed by atoms with van der Waals surface area (Å²) in [7, 11) is 0. The van der Waals surface area contributed by atoms with Crippen LogP contribution in [0.3, 0.4) is 0 Å². The van der Waals surface area contributed by atoms with Gasteiger partial charge in [-0.1, -0.05) is 0 Å². The maximum Gasteiger partial charge on any atom is 0.419 e. The highest BCUT2D eigenvalue weighted by atomic mass is 79.9. The van der Waals surface area contributed by atoms with Crippen molar-refractivity contribution in [3.63, 3.8) is 0 Å². The summed E-state index contributed by atoms with van der Waals surface area (Å²) >= 11 is 2.97. The first-order chi connectivity index (χ1) is 8.20. The summed E-state index contributed by atoms with van der Waals surface area (Å²) < 4.78 is 38.6. The first kappa shape index (κ1) is 15.2. The fourth-order valence-corrected chi connectivity index (χ4v) is 1.91. The molecule has 0 aliphatic carbocycles. The van der Waals surface area contributed by atoms with E-state index < -0.39 is 17.8 Å². The fourth-order valence-electron chi connectivity index (χ4n) is 1.57. The summed E-state index contributed by atoms with van der Waals surface area (Å²) in [5.74, 6) is -0.223. The third-order valence-electron chi connectivity index (χ3n) is 2.24. The number of alkyl halides is 3. The van der Waals surface area contributed by atoms with Crippen molar-refractivity contribution in [1.29, 1.82) is 0 Å². The van der Waals surface area contributed by atoms with Crippen molar-refractivity contribution in [2.24, 2.45) is 0 Å². The molecule has 1 aromatic heterocycles. The molecule has 0 aromatic carbocycles. The Labute approximate surface area is 112 Å². The molecule has 0 radical (unpaired) electrons. The Balaban J connectivity index is 2.95. The molecule has 1 aromatic rings. The number of aliphatic hydroxyl groups excluding tert-OH is 1. The summed E-state index contributed by atoms with van der Waals surface area (Å²) in [6.07, 6.45) is -3.41. The summed E-state index contributed by atoms with van der Waals surface area (Å²) in [6.45, 7) is 3.27. The van der Waals surface area contributed by atoms with Crippen molar-refractivity contribution in [3.05, 3.63) is 22.3 Å². The Hall–Kier alpha value is -0.820. The SMILES string of the molecule is CC(O)CC(C)Nc1ncc(Br)cc1C(F)(F)F. The lowest BCUT2D eigenvalue weighted by Gasteiger charge is -2.19. The Kier molecular flexibility index (Phi) is 4.98. The number of rotatable bonds is 4. The lowest BCUT2D eigenvalue weighted by Crippen LogP contribution is -2.23. The minimum Gasteiger partial charge on any atom is -0.393 e. The van der Waals surface area contributed by atoms with Gasteiger partial charge in [-0.2, -0.15) is 13.2 Å². The van der Waals surface area contributed by atoms with Crippen LogP contribution in [0.4, 0.5) is 19.0 Å². The molecule has 0 spiro atoms. The number of anilines is 1. The van der Waals surface area contributed by atoms with Crippen molar-refractivity contribution in [1.82, 2.24) is 4.98 Å². The molecule has 0 amide bonds. The monoisotopic (exact) mass is 326 g/mol. The zero-order valence-corrected chi connectivity index (χ0v) is 11.5. The van der Waals surface area contributed by atoms with Crippen LogP contribution >= 0.6 is 15.9 Å². The number of pyridine rings is 1. The molecule has 1 rings (SSSR count). The van der Waals surface area contributed by atoms with E-state index >= 15 is 0 Å². The van der Waals surface area contributed by atoms with E-state index in [0.29, 0.717) is 6.42 Å². The normalized spacial score (nSPS) is 15.3. The van der Waals surface area contributed by atoms with Gasteiger partial charge in [-0.05, 0) is 42.3 Å². The van der Waals surface area contributed by atoms with Crippen molar-refractivity contribution in [3.8, 4) is 0 Å². The van der Waals surface area contributed by atoms with E-state index in [0.717, 1.165) is 6.07 Å². The van der Waals surface area contributed by atoms with Crippen LogP contribution in [-0.4, -0.2) is 22.2 Å². The second-order valence-electron chi connectivity index (χ2n) is 4.18. The Morgan fingerprint density at radius 1 is 1.44 bits per heavy atom. The molecule has 0 saturated heterocycles. The highest BCUT2D eigenvalue weighted by molar-refractivity contribution is 9.10. The second-order valence-corrected chi connectivity index (χ2v) is 5.09. The Morgan fingerprint density at radius 3 is 2.56 bits per heavy atom. The molecule has 7 heteroatoms. The van der Waals surface area contributed by atoms with Crippen LogP contribution in [0.25, 0.3) is 0 Å². The van der Waals surface area contributed by atoms with Crippen molar-refractivity contribution >= 4 is 21.7 Å². The van der Waals surface area contributed by atoms with Crippen LogP contribution in [0.1, 0.15) is 25.8 Å². The molecule has 18 heavy (non-hydrogen) atoms. The number of hydrogen-bond acceptors (Lipinski definition) is 3. The van der Waals surface area contributed by atoms with Gasteiger partial charge in [0.15, 0.2) is 0 Å². The lowest BCUT2D eigenvalue weighted by molar-refractivity contribution is -0.137. The summed E-state index contributed by atoms with van der Waals surface area (Å²) in [5, 5.41) is 11.8. The maximum absolute atomic E-state index is 12.8. The van der Waals surface area contributed by atoms with Crippen molar-refractivity contribution in [2.75, 3.05) is 5.32 Å². The number of nitrogens with zero attached hydrogens (tertiary/aromatic N) is 1. The summed E-state index contributed by atoms with van der Waals surface area (Å²) in [4.78, 5) is 3.73. The molecule has 2 atom stereocenters. The smallest absolute Gasteiger partial charge is 0.393 e. The third-order valence-corrected chi connectivity index (χ3v) is 2.67. The van der Waals surface area contributed by atoms with Gasteiger partial charge >= 0.3 is 6.18 Å². The molecule has 0 fully saturated rings. The van der Waals surface area contributed by atoms with E-state index in [1.807, 2.05) is 0 Å². The number of hydrogen-bond donors (Lipinski definition) is 2. The molecule has 2 N–H and O–H groups in total. The van der Waals surface area contributed by atoms with E-state index in [1.54, 1.807) is 13.8 Å². The highest BCUT2D eigenvalue weighted by Crippen LogP contribution is 2.35. The predicted octanol–water partition coefficient (Wildman–Crippen LogP) is 3.43. The van der Waals surface area contributed by atoms with Gasteiger partial charge in [0.2, 0.25) is 0 Å². The van der Waals surface area contributed by atoms with Gasteiger partial charge in [-0.15, -0.1) is 0 Å². The van der Waals surface area contributed by atoms with E-state index in [9.17, 15) is 18.3 Å². The molecule has 3 nitrogen and oxygen atoms in total. The van der Waals surface area contributed by atoms with Crippen LogP contribution in [0.15, 0.2) is 16.7 Å². The van der Waals surface area contributed by atoms with Gasteiger partial charge in [0, 0.05) is 16.7 Å². The van der Waals surface area contributed by atoms with E-state index in [2.05, 4.69) is 26.2 Å². The predicted molar refractivity (Wildman–Crippen MR) is 66.3 cm³/mol. The van der Waals surface area contributed by atoms with Crippen molar-refractivity contribution in [2.45, 2.75) is 38.6 Å². The standard InChI is InChI=1S/C11H14BrF3N2O/c1-6(3-7(2)18)17-10-9(11(13,14)15)4-8(12)5-16-10/h4-7,18H,3H2,1-2H3,(H,16,17). The van der Waals surface area contributed by atoms with Gasteiger partial charge < -0.3 is 10.4 Å². The average Bonchev–Trinajstić information content (AvgIpc) is 2.17. The largest absolute Gasteiger partial charge is 0.419 e. The minimum atomic E-state index is -4.47. The number of halogens is 4. The van der Waals surface area contributed by atoms with Gasteiger partial charge in [0.1, 0.15) is 5.82 Å². The Morgan fingerprint density at radius 2 is 2.06 bits per heavy atom. The van der Waals surface area contributed by atoms with Gasteiger partial charge in [-0.25, -0.2) is 4.98 Å². The zero-order chi connectivity index (χ0) is 13.9. The highest BCUT2D eigenvalue weighted by Gasteiger charge is 2.35. The van der Waals surface area contributed by atoms with Crippen LogP contribution in [0.2, 0.25) is 0 Å². The molecule has 0 saturated carbocycles. The Bertz CT molecular complexity index is 410. The molecule has 102 valence electrons. The molecule has 2 unspecified atom stereocenters. The topological polar surface area (TPSA) is 45.1 Å². The van der Waals surface area contributed by atoms with Gasteiger partial charge in [0.05, 0.1) is 11.7 Å². The number of aromatic nitrogens is 1. The average molecular weight is 327 g/mol. The summed E-state index contributed by atoms with van der Waals surface area (Å²) in [5.41, 5.74) is -0.825. The zero-order valence-electron chi connectivity index (χ0n) is 9.92. The molecule has 0 aliphatic heterocycles. The first-order valence-corrected chi connectivity index (χ1v) is 6.16. The molecular formula is C11H14BrF3N2O. The quantitative estimate of drug-likeness (QED) is 0.891.